The molecule has 81 heavy (non-hydrogen) atoms. The summed E-state index contributed by atoms with van der Waals surface area (Å²) in [6.07, 6.45) is 96.1. The van der Waals surface area contributed by atoms with E-state index in [0.717, 1.165) is 135 Å². The van der Waals surface area contributed by atoms with Crippen molar-refractivity contribution >= 4 is 17.9 Å². The van der Waals surface area contributed by atoms with E-state index >= 15 is 0 Å². The first-order valence-corrected chi connectivity index (χ1v) is 33.7. The second-order valence-corrected chi connectivity index (χ2v) is 22.0. The van der Waals surface area contributed by atoms with Crippen LogP contribution in [0, 0.1) is 0 Å². The quantitative estimate of drug-likeness (QED) is 0.0261. The molecule has 0 bridgehead atoms. The van der Waals surface area contributed by atoms with Gasteiger partial charge in [0.05, 0.1) is 0 Å². The number of unbranched alkanes of at least 4 members (excludes halogenated alkanes) is 27. The van der Waals surface area contributed by atoms with Crippen LogP contribution in [0.5, 0.6) is 0 Å². The fourth-order valence-electron chi connectivity index (χ4n) is 9.14. The average Bonchev–Trinajstić information content (AvgIpc) is 3.47. The zero-order valence-electron chi connectivity index (χ0n) is 52.8. The molecular weight excluding hydrogens is 997 g/mol. The lowest BCUT2D eigenvalue weighted by atomic mass is 10.0. The molecule has 0 aliphatic carbocycles. The predicted molar refractivity (Wildman–Crippen MR) is 353 cm³/mol. The molecule has 1 atom stereocenters. The molecule has 0 amide bonds. The third kappa shape index (κ3) is 66.2. The van der Waals surface area contributed by atoms with Crippen LogP contribution in [-0.2, 0) is 28.6 Å². The van der Waals surface area contributed by atoms with Crippen LogP contribution in [0.1, 0.15) is 303 Å². The highest BCUT2D eigenvalue weighted by Gasteiger charge is 2.19. The first-order valence-electron chi connectivity index (χ1n) is 33.7. The normalized spacial score (nSPS) is 13.0. The topological polar surface area (TPSA) is 78.9 Å². The van der Waals surface area contributed by atoms with E-state index in [9.17, 15) is 14.4 Å². The van der Waals surface area contributed by atoms with Gasteiger partial charge < -0.3 is 14.2 Å². The van der Waals surface area contributed by atoms with Gasteiger partial charge >= 0.3 is 17.9 Å². The largest absolute Gasteiger partial charge is 0.462 e. The summed E-state index contributed by atoms with van der Waals surface area (Å²) in [7, 11) is 0. The molecule has 0 saturated carbocycles. The average molecular weight is 1120 g/mol. The third-order valence-corrected chi connectivity index (χ3v) is 14.1. The minimum atomic E-state index is -0.808. The van der Waals surface area contributed by atoms with E-state index in [1.54, 1.807) is 0 Å². The summed E-state index contributed by atoms with van der Waals surface area (Å²) in [5, 5.41) is 0. The Morgan fingerprint density at radius 1 is 0.259 bits per heavy atom. The number of ether oxygens (including phenoxy) is 3. The van der Waals surface area contributed by atoms with Gasteiger partial charge in [0, 0.05) is 19.3 Å². The van der Waals surface area contributed by atoms with Gasteiger partial charge in [0.15, 0.2) is 6.10 Å². The third-order valence-electron chi connectivity index (χ3n) is 14.1. The number of allylic oxidation sites excluding steroid dienone is 22. The lowest BCUT2D eigenvalue weighted by Crippen LogP contribution is -2.30. The lowest BCUT2D eigenvalue weighted by molar-refractivity contribution is -0.167. The van der Waals surface area contributed by atoms with Crippen molar-refractivity contribution in [2.45, 2.75) is 309 Å². The number of esters is 3. The van der Waals surface area contributed by atoms with Gasteiger partial charge in [-0.1, -0.05) is 283 Å². The van der Waals surface area contributed by atoms with E-state index in [4.69, 9.17) is 14.2 Å². The minimum Gasteiger partial charge on any atom is -0.462 e. The minimum absolute atomic E-state index is 0.102. The van der Waals surface area contributed by atoms with Gasteiger partial charge in [0.25, 0.3) is 0 Å². The Balaban J connectivity index is 4.43. The molecular formula is C75H124O6. The molecule has 0 aliphatic heterocycles. The molecule has 0 aromatic carbocycles. The van der Waals surface area contributed by atoms with Crippen LogP contribution < -0.4 is 0 Å². The summed E-state index contributed by atoms with van der Waals surface area (Å²) >= 11 is 0. The van der Waals surface area contributed by atoms with Crippen molar-refractivity contribution in [2.24, 2.45) is 0 Å². The Bertz CT molecular complexity index is 1720. The van der Waals surface area contributed by atoms with E-state index in [0.29, 0.717) is 19.3 Å². The molecule has 0 radical (unpaired) electrons. The van der Waals surface area contributed by atoms with Crippen LogP contribution in [0.15, 0.2) is 134 Å². The second-order valence-electron chi connectivity index (χ2n) is 22.0. The van der Waals surface area contributed by atoms with Gasteiger partial charge in [-0.3, -0.25) is 14.4 Å². The number of carbonyl (C=O) groups is 3. The lowest BCUT2D eigenvalue weighted by Gasteiger charge is -2.18. The van der Waals surface area contributed by atoms with Gasteiger partial charge in [0.2, 0.25) is 0 Å². The molecule has 0 aromatic rings. The van der Waals surface area contributed by atoms with E-state index in [-0.39, 0.29) is 31.1 Å². The Morgan fingerprint density at radius 3 is 0.790 bits per heavy atom. The summed E-state index contributed by atoms with van der Waals surface area (Å²) in [5.74, 6) is -0.954. The van der Waals surface area contributed by atoms with Crippen molar-refractivity contribution in [3.05, 3.63) is 134 Å². The van der Waals surface area contributed by atoms with E-state index in [2.05, 4.69) is 154 Å². The van der Waals surface area contributed by atoms with Crippen molar-refractivity contribution < 1.29 is 28.6 Å². The number of carbonyl (C=O) groups excluding carboxylic acids is 3. The van der Waals surface area contributed by atoms with Gasteiger partial charge in [-0.15, -0.1) is 0 Å². The zero-order chi connectivity index (χ0) is 58.5. The molecule has 0 heterocycles. The Kier molecular flexibility index (Phi) is 64.3. The highest BCUT2D eigenvalue weighted by atomic mass is 16.6. The maximum absolute atomic E-state index is 12.9. The smallest absolute Gasteiger partial charge is 0.306 e. The SMILES string of the molecule is CC/C=C\C/C=C\C/C=C\C/C=C\C/C=C\C/C=C\CCCCCCCCC(=O)OCC(COC(=O)CCCC/C=C\C/C=C\C/C=C\C/C=C\CC)OC(=O)CCCCCCCCCCCCC/C=C\CCCCCCCCCC. The first-order chi connectivity index (χ1) is 40.0. The van der Waals surface area contributed by atoms with E-state index in [1.165, 1.54) is 128 Å². The van der Waals surface area contributed by atoms with Crippen LogP contribution >= 0.6 is 0 Å². The van der Waals surface area contributed by atoms with Crippen LogP contribution in [0.4, 0.5) is 0 Å². The van der Waals surface area contributed by atoms with Crippen LogP contribution in [0.3, 0.4) is 0 Å². The monoisotopic (exact) mass is 1120 g/mol. The van der Waals surface area contributed by atoms with Gasteiger partial charge in [-0.25, -0.2) is 0 Å². The predicted octanol–water partition coefficient (Wildman–Crippen LogP) is 23.3. The van der Waals surface area contributed by atoms with Crippen molar-refractivity contribution in [1.29, 1.82) is 0 Å². The molecule has 6 nitrogen and oxygen atoms in total. The van der Waals surface area contributed by atoms with Gasteiger partial charge in [-0.05, 0) is 135 Å². The second kappa shape index (κ2) is 68.1. The molecule has 0 saturated heterocycles. The van der Waals surface area contributed by atoms with Crippen LogP contribution in [0.25, 0.3) is 0 Å². The van der Waals surface area contributed by atoms with Crippen molar-refractivity contribution in [1.82, 2.24) is 0 Å². The van der Waals surface area contributed by atoms with Crippen LogP contribution in [-0.4, -0.2) is 37.2 Å². The first kappa shape index (κ1) is 76.5. The summed E-state index contributed by atoms with van der Waals surface area (Å²) in [6, 6.07) is 0. The number of rotatable bonds is 60. The number of hydrogen-bond donors (Lipinski definition) is 0. The summed E-state index contributed by atoms with van der Waals surface area (Å²) in [4.78, 5) is 38.4. The number of hydrogen-bond acceptors (Lipinski definition) is 6. The Hall–Kier alpha value is -4.45. The highest BCUT2D eigenvalue weighted by Crippen LogP contribution is 2.16. The molecule has 460 valence electrons. The van der Waals surface area contributed by atoms with Crippen molar-refractivity contribution in [3.63, 3.8) is 0 Å². The highest BCUT2D eigenvalue weighted by molar-refractivity contribution is 5.71. The molecule has 0 N–H and O–H groups in total. The standard InChI is InChI=1S/C75H124O6/c1-4-7-10-13-16-19-22-25-28-30-32-34-36-37-39-40-42-44-47-50-53-56-59-62-65-68-74(77)80-71-72(70-79-73(76)67-64-61-58-55-52-49-46-27-24-21-18-15-12-9-6-3)81-75(78)69-66-63-60-57-54-51-48-45-43-41-38-35-33-31-29-26-23-20-17-14-11-8-5-2/h7,9-10,12,16,18-19,21,25,27-28,31-34,37,39,42,44,46,52,55,72H,4-6,8,11,13-15,17,20,22-24,26,29-30,35-36,38,40-41,43,45,47-51,53-54,56-71H2,1-3H3/b10-7-,12-9-,19-16-,21-18-,28-25-,33-31-,34-32-,39-37-,44-42-,46-27-,55-52-. The fraction of sp³-hybridized carbons (Fsp3) is 0.667. The van der Waals surface area contributed by atoms with Gasteiger partial charge in [0.1, 0.15) is 13.2 Å². The maximum Gasteiger partial charge on any atom is 0.306 e. The Morgan fingerprint density at radius 2 is 0.481 bits per heavy atom. The van der Waals surface area contributed by atoms with Crippen molar-refractivity contribution in [2.75, 3.05) is 13.2 Å². The molecule has 0 fully saturated rings. The Labute approximate surface area is 500 Å². The molecule has 1 unspecified atom stereocenters. The van der Waals surface area contributed by atoms with E-state index < -0.39 is 6.10 Å². The van der Waals surface area contributed by atoms with Crippen LogP contribution in [0.2, 0.25) is 0 Å². The molecule has 6 heteroatoms. The summed E-state index contributed by atoms with van der Waals surface area (Å²) in [6.45, 7) is 6.38. The zero-order valence-corrected chi connectivity index (χ0v) is 52.8. The van der Waals surface area contributed by atoms with E-state index in [1.807, 2.05) is 0 Å². The maximum atomic E-state index is 12.9. The fourth-order valence-corrected chi connectivity index (χ4v) is 9.14. The van der Waals surface area contributed by atoms with Crippen molar-refractivity contribution in [3.8, 4) is 0 Å². The summed E-state index contributed by atoms with van der Waals surface area (Å²) < 4.78 is 16.9. The molecule has 0 spiro atoms. The summed E-state index contributed by atoms with van der Waals surface area (Å²) in [5.41, 5.74) is 0. The van der Waals surface area contributed by atoms with Gasteiger partial charge in [-0.2, -0.15) is 0 Å². The molecule has 0 rings (SSSR count). The molecule has 0 aromatic heterocycles. The molecule has 0 aliphatic rings.